The Hall–Kier alpha value is -2.47. The maximum absolute atomic E-state index is 12.5. The van der Waals surface area contributed by atoms with Gasteiger partial charge in [-0.1, -0.05) is 17.7 Å². The van der Waals surface area contributed by atoms with E-state index in [2.05, 4.69) is 19.7 Å². The van der Waals surface area contributed by atoms with Crippen molar-refractivity contribution >= 4 is 33.4 Å². The summed E-state index contributed by atoms with van der Waals surface area (Å²) in [5.74, 6) is -0.734. The average molecular weight is 425 g/mol. The van der Waals surface area contributed by atoms with Crippen molar-refractivity contribution in [2.75, 3.05) is 11.9 Å². The number of rotatable bonds is 3. The van der Waals surface area contributed by atoms with Crippen LogP contribution in [0.25, 0.3) is 0 Å². The van der Waals surface area contributed by atoms with Crippen LogP contribution >= 0.6 is 11.6 Å². The molecule has 1 aliphatic heterocycles. The van der Waals surface area contributed by atoms with Crippen LogP contribution in [0.3, 0.4) is 0 Å². The number of anilines is 1. The summed E-state index contributed by atoms with van der Waals surface area (Å²) in [5.41, 5.74) is -4.69. The molecule has 3 rings (SSSR count). The van der Waals surface area contributed by atoms with Crippen molar-refractivity contribution in [1.82, 2.24) is 15.1 Å². The molecule has 0 radical (unpaired) electrons. The van der Waals surface area contributed by atoms with Gasteiger partial charge in [0.25, 0.3) is 5.88 Å². The number of carbonyl (C=O) groups excluding carboxylic acids is 1. The van der Waals surface area contributed by atoms with Crippen LogP contribution in [-0.4, -0.2) is 41.6 Å². The molecule has 1 aromatic carbocycles. The first-order valence-corrected chi connectivity index (χ1v) is 9.24. The molecule has 0 aliphatic carbocycles. The van der Waals surface area contributed by atoms with Crippen LogP contribution < -0.4 is 9.50 Å². The van der Waals surface area contributed by atoms with E-state index in [0.29, 0.717) is 16.4 Å². The molecule has 0 bridgehead atoms. The number of halogens is 4. The van der Waals surface area contributed by atoms with Gasteiger partial charge in [0.2, 0.25) is 0 Å². The predicted octanol–water partition coefficient (Wildman–Crippen LogP) is 2.88. The van der Waals surface area contributed by atoms with Crippen molar-refractivity contribution < 1.29 is 30.6 Å². The summed E-state index contributed by atoms with van der Waals surface area (Å²) < 4.78 is 64.0. The fourth-order valence-electron chi connectivity index (χ4n) is 2.43. The first kappa shape index (κ1) is 19.3. The molecule has 27 heavy (non-hydrogen) atoms. The summed E-state index contributed by atoms with van der Waals surface area (Å²) >= 11 is 5.84. The number of fused-ring (bicyclic) bond motifs is 1. The molecule has 1 aromatic heterocycles. The Balaban J connectivity index is 1.76. The van der Waals surface area contributed by atoms with Crippen molar-refractivity contribution in [3.05, 3.63) is 40.5 Å². The molecule has 13 heteroatoms. The van der Waals surface area contributed by atoms with E-state index >= 15 is 0 Å². The van der Waals surface area contributed by atoms with Gasteiger partial charge in [0.05, 0.1) is 12.1 Å². The number of alkyl halides is 3. The molecular weight excluding hydrogens is 413 g/mol. The summed E-state index contributed by atoms with van der Waals surface area (Å²) in [6.45, 7) is 0.0635. The topological polar surface area (TPSA) is 104 Å². The third-order valence-corrected chi connectivity index (χ3v) is 4.91. The number of H-pyrrole nitrogens is 1. The third kappa shape index (κ3) is 4.11. The number of nitrogens with zero attached hydrogens (tertiary/aromatic N) is 2. The monoisotopic (exact) mass is 424 g/mol. The van der Waals surface area contributed by atoms with Crippen LogP contribution in [0.1, 0.15) is 11.3 Å². The molecule has 146 valence electrons. The molecule has 1 aliphatic rings. The van der Waals surface area contributed by atoms with Gasteiger partial charge in [0.1, 0.15) is 0 Å². The number of amides is 2. The fraction of sp³-hybridized carbons (Fsp3) is 0.286. The van der Waals surface area contributed by atoms with Crippen LogP contribution in [0, 0.1) is 0 Å². The Morgan fingerprint density at radius 1 is 1.37 bits per heavy atom. The van der Waals surface area contributed by atoms with E-state index in [1.165, 1.54) is 11.0 Å². The van der Waals surface area contributed by atoms with Gasteiger partial charge in [-0.25, -0.2) is 4.79 Å². The molecule has 2 aromatic rings. The Morgan fingerprint density at radius 2 is 2.11 bits per heavy atom. The first-order valence-electron chi connectivity index (χ1n) is 7.45. The lowest BCUT2D eigenvalue weighted by atomic mass is 10.1. The summed E-state index contributed by atoms with van der Waals surface area (Å²) in [7, 11) is -5.86. The van der Waals surface area contributed by atoms with Crippen LogP contribution in [0.2, 0.25) is 5.02 Å². The number of aromatic nitrogens is 2. The molecule has 0 unspecified atom stereocenters. The van der Waals surface area contributed by atoms with E-state index in [0.717, 1.165) is 0 Å². The highest BCUT2D eigenvalue weighted by Gasteiger charge is 2.49. The lowest BCUT2D eigenvalue weighted by molar-refractivity contribution is -0.0501. The SMILES string of the molecule is O=C(Nc1cccc(Cl)c1)N1CCc2[nH]nc(OS(=O)(=O)C(F)(F)F)c2C1. The zero-order chi connectivity index (χ0) is 19.8. The van der Waals surface area contributed by atoms with Crippen LogP contribution in [0.4, 0.5) is 23.7 Å². The normalized spacial score (nSPS) is 14.6. The number of hydrogen-bond donors (Lipinski definition) is 2. The molecule has 0 fully saturated rings. The van der Waals surface area contributed by atoms with Gasteiger partial charge < -0.3 is 14.4 Å². The van der Waals surface area contributed by atoms with Crippen LogP contribution in [0.5, 0.6) is 5.88 Å². The fourth-order valence-corrected chi connectivity index (χ4v) is 3.06. The van der Waals surface area contributed by atoms with E-state index < -0.39 is 27.5 Å². The Kier molecular flexibility index (Phi) is 4.95. The van der Waals surface area contributed by atoms with Crippen molar-refractivity contribution in [1.29, 1.82) is 0 Å². The van der Waals surface area contributed by atoms with Crippen molar-refractivity contribution in [2.24, 2.45) is 0 Å². The summed E-state index contributed by atoms with van der Waals surface area (Å²) in [6, 6.07) is 5.86. The molecule has 2 amide bonds. The number of benzene rings is 1. The second kappa shape index (κ2) is 6.93. The van der Waals surface area contributed by atoms with Crippen LogP contribution in [0.15, 0.2) is 24.3 Å². The van der Waals surface area contributed by atoms with Crippen molar-refractivity contribution in [3.63, 3.8) is 0 Å². The number of nitrogens with one attached hydrogen (secondary N) is 2. The minimum atomic E-state index is -5.86. The van der Waals surface area contributed by atoms with E-state index in [1.54, 1.807) is 18.2 Å². The average Bonchev–Trinajstić information content (AvgIpc) is 2.95. The van der Waals surface area contributed by atoms with Gasteiger partial charge >= 0.3 is 21.7 Å². The minimum absolute atomic E-state index is 0.0651. The van der Waals surface area contributed by atoms with Gasteiger partial charge in [-0.15, -0.1) is 5.10 Å². The van der Waals surface area contributed by atoms with Gasteiger partial charge in [-0.2, -0.15) is 21.6 Å². The van der Waals surface area contributed by atoms with E-state index in [-0.39, 0.29) is 25.1 Å². The van der Waals surface area contributed by atoms with E-state index in [4.69, 9.17) is 11.6 Å². The van der Waals surface area contributed by atoms with Crippen molar-refractivity contribution in [2.45, 2.75) is 18.5 Å². The summed E-state index contributed by atoms with van der Waals surface area (Å²) in [5, 5.41) is 8.93. The molecule has 8 nitrogen and oxygen atoms in total. The number of carbonyl (C=O) groups is 1. The first-order chi connectivity index (χ1) is 12.6. The molecule has 2 N–H and O–H groups in total. The second-order valence-corrected chi connectivity index (χ2v) is 7.56. The number of urea groups is 1. The maximum atomic E-state index is 12.5. The smallest absolute Gasteiger partial charge is 0.353 e. The van der Waals surface area contributed by atoms with Gasteiger partial charge in [-0.05, 0) is 18.2 Å². The predicted molar refractivity (Wildman–Crippen MR) is 88.8 cm³/mol. The Labute approximate surface area is 156 Å². The highest BCUT2D eigenvalue weighted by atomic mass is 35.5. The van der Waals surface area contributed by atoms with E-state index in [9.17, 15) is 26.4 Å². The minimum Gasteiger partial charge on any atom is -0.353 e. The van der Waals surface area contributed by atoms with Gasteiger partial charge in [0.15, 0.2) is 0 Å². The lowest BCUT2D eigenvalue weighted by Crippen LogP contribution is -2.39. The highest BCUT2D eigenvalue weighted by Crippen LogP contribution is 2.31. The highest BCUT2D eigenvalue weighted by molar-refractivity contribution is 7.87. The maximum Gasteiger partial charge on any atom is 0.534 e. The Bertz CT molecular complexity index is 977. The van der Waals surface area contributed by atoms with Crippen LogP contribution in [-0.2, 0) is 23.1 Å². The molecule has 0 saturated carbocycles. The second-order valence-electron chi connectivity index (χ2n) is 5.58. The number of hydrogen-bond acceptors (Lipinski definition) is 5. The summed E-state index contributed by atoms with van der Waals surface area (Å²) in [4.78, 5) is 13.7. The Morgan fingerprint density at radius 3 is 2.78 bits per heavy atom. The quantitative estimate of drug-likeness (QED) is 0.582. The van der Waals surface area contributed by atoms with E-state index in [1.807, 2.05) is 0 Å². The summed E-state index contributed by atoms with van der Waals surface area (Å²) in [6.07, 6.45) is 0.237. The molecule has 0 spiro atoms. The molecule has 2 heterocycles. The number of aromatic amines is 1. The molecule has 0 saturated heterocycles. The van der Waals surface area contributed by atoms with Gasteiger partial charge in [-0.3, -0.25) is 5.10 Å². The third-order valence-electron chi connectivity index (χ3n) is 3.73. The standard InChI is InChI=1S/C14H12ClF3N4O4S/c15-8-2-1-3-9(6-8)19-13(23)22-5-4-11-10(7-22)12(21-20-11)26-27(24,25)14(16,17)18/h1-3,6H,4-5,7H2,(H,19,23)(H,20,21). The molecular formula is C14H12ClF3N4O4S. The zero-order valence-corrected chi connectivity index (χ0v) is 15.0. The van der Waals surface area contributed by atoms with Crippen molar-refractivity contribution in [3.8, 4) is 5.88 Å². The van der Waals surface area contributed by atoms with Gasteiger partial charge in [0, 0.05) is 29.4 Å². The zero-order valence-electron chi connectivity index (χ0n) is 13.4. The largest absolute Gasteiger partial charge is 0.534 e. The lowest BCUT2D eigenvalue weighted by Gasteiger charge is -2.27. The molecule has 0 atom stereocenters.